The van der Waals surface area contributed by atoms with Crippen LogP contribution in [0.15, 0.2) is 17.5 Å². The van der Waals surface area contributed by atoms with Gasteiger partial charge in [0.15, 0.2) is 0 Å². The van der Waals surface area contributed by atoms with Crippen molar-refractivity contribution in [1.82, 2.24) is 0 Å². The minimum Gasteiger partial charge on any atom is -0.288 e. The fourth-order valence-corrected chi connectivity index (χ4v) is 3.15. The zero-order chi connectivity index (χ0) is 13.4. The average molecular weight is 258 g/mol. The van der Waals surface area contributed by atoms with Crippen molar-refractivity contribution in [2.45, 2.75) is 34.6 Å². The summed E-state index contributed by atoms with van der Waals surface area (Å²) in [6.45, 7) is 10.2. The third-order valence-electron chi connectivity index (χ3n) is 3.66. The van der Waals surface area contributed by atoms with Gasteiger partial charge >= 0.3 is 0 Å². The number of carbonyl (C=O) groups is 1. The van der Waals surface area contributed by atoms with Crippen molar-refractivity contribution in [2.24, 2.45) is 0 Å². The Kier molecular flexibility index (Phi) is 3.40. The Hall–Kier alpha value is -1.41. The van der Waals surface area contributed by atoms with Crippen LogP contribution < -0.4 is 0 Å². The van der Waals surface area contributed by atoms with Gasteiger partial charge in [0, 0.05) is 5.56 Å². The van der Waals surface area contributed by atoms with Gasteiger partial charge in [-0.25, -0.2) is 0 Å². The summed E-state index contributed by atoms with van der Waals surface area (Å²) in [5.74, 6) is 0.171. The maximum absolute atomic E-state index is 12.7. The lowest BCUT2D eigenvalue weighted by Crippen LogP contribution is -2.08. The SMILES string of the molecule is Cc1ccsc1C(=O)c1c(C)c(C)cc(C)c1C. The Morgan fingerprint density at radius 3 is 1.94 bits per heavy atom. The molecule has 94 valence electrons. The van der Waals surface area contributed by atoms with Gasteiger partial charge in [0.25, 0.3) is 0 Å². The first-order valence-electron chi connectivity index (χ1n) is 6.09. The van der Waals surface area contributed by atoms with E-state index < -0.39 is 0 Å². The van der Waals surface area contributed by atoms with Crippen LogP contribution in [0.2, 0.25) is 0 Å². The smallest absolute Gasteiger partial charge is 0.203 e. The molecule has 2 heteroatoms. The van der Waals surface area contributed by atoms with E-state index in [-0.39, 0.29) is 5.78 Å². The molecule has 1 nitrogen and oxygen atoms in total. The average Bonchev–Trinajstić information content (AvgIpc) is 2.73. The molecule has 0 aliphatic rings. The molecule has 0 unspecified atom stereocenters. The van der Waals surface area contributed by atoms with E-state index in [0.29, 0.717) is 0 Å². The fourth-order valence-electron chi connectivity index (χ4n) is 2.28. The summed E-state index contributed by atoms with van der Waals surface area (Å²) in [7, 11) is 0. The Labute approximate surface area is 112 Å². The van der Waals surface area contributed by atoms with E-state index in [2.05, 4.69) is 19.9 Å². The number of aryl methyl sites for hydroxylation is 3. The zero-order valence-electron chi connectivity index (χ0n) is 11.5. The fraction of sp³-hybridized carbons (Fsp3) is 0.312. The van der Waals surface area contributed by atoms with Gasteiger partial charge in [0.05, 0.1) is 4.88 Å². The third-order valence-corrected chi connectivity index (χ3v) is 4.68. The second-order valence-corrected chi connectivity index (χ2v) is 5.81. The number of rotatable bonds is 2. The molecule has 0 bridgehead atoms. The zero-order valence-corrected chi connectivity index (χ0v) is 12.4. The third kappa shape index (κ3) is 2.01. The van der Waals surface area contributed by atoms with E-state index >= 15 is 0 Å². The van der Waals surface area contributed by atoms with Crippen molar-refractivity contribution in [3.05, 3.63) is 55.8 Å². The predicted molar refractivity (Wildman–Crippen MR) is 77.9 cm³/mol. The molecule has 0 amide bonds. The van der Waals surface area contributed by atoms with Crippen molar-refractivity contribution in [1.29, 1.82) is 0 Å². The lowest BCUT2D eigenvalue weighted by atomic mass is 9.91. The Bertz CT molecular complexity index is 594. The number of thiophene rings is 1. The number of hydrogen-bond donors (Lipinski definition) is 0. The predicted octanol–water partition coefficient (Wildman–Crippen LogP) is 4.52. The van der Waals surface area contributed by atoms with Gasteiger partial charge in [-0.3, -0.25) is 4.79 Å². The second kappa shape index (κ2) is 4.69. The molecule has 0 N–H and O–H groups in total. The molecule has 1 aromatic carbocycles. The van der Waals surface area contributed by atoms with E-state index in [9.17, 15) is 4.79 Å². The number of hydrogen-bond acceptors (Lipinski definition) is 2. The van der Waals surface area contributed by atoms with Crippen molar-refractivity contribution >= 4 is 17.1 Å². The summed E-state index contributed by atoms with van der Waals surface area (Å²) in [4.78, 5) is 13.6. The quantitative estimate of drug-likeness (QED) is 0.724. The topological polar surface area (TPSA) is 17.1 Å². The summed E-state index contributed by atoms with van der Waals surface area (Å²) in [5.41, 5.74) is 6.55. The van der Waals surface area contributed by atoms with Crippen LogP contribution in [0, 0.1) is 34.6 Å². The Morgan fingerprint density at radius 1 is 0.944 bits per heavy atom. The molecule has 2 aromatic rings. The van der Waals surface area contributed by atoms with E-state index in [1.807, 2.05) is 32.2 Å². The highest BCUT2D eigenvalue weighted by atomic mass is 32.1. The van der Waals surface area contributed by atoms with Crippen LogP contribution in [0.4, 0.5) is 0 Å². The van der Waals surface area contributed by atoms with Crippen molar-refractivity contribution < 1.29 is 4.79 Å². The summed E-state index contributed by atoms with van der Waals surface area (Å²) in [6.07, 6.45) is 0. The second-order valence-electron chi connectivity index (χ2n) is 4.90. The number of ketones is 1. The van der Waals surface area contributed by atoms with Gasteiger partial charge < -0.3 is 0 Å². The lowest BCUT2D eigenvalue weighted by molar-refractivity contribution is 0.104. The van der Waals surface area contributed by atoms with Gasteiger partial charge in [-0.2, -0.15) is 0 Å². The summed E-state index contributed by atoms with van der Waals surface area (Å²) in [6, 6.07) is 4.16. The minimum atomic E-state index is 0.171. The van der Waals surface area contributed by atoms with Gasteiger partial charge in [0.1, 0.15) is 0 Å². The molecule has 2 rings (SSSR count). The molecule has 0 aliphatic carbocycles. The van der Waals surface area contributed by atoms with E-state index in [1.54, 1.807) is 0 Å². The van der Waals surface area contributed by atoms with E-state index in [0.717, 1.165) is 27.1 Å². The molecule has 0 fully saturated rings. The van der Waals surface area contributed by atoms with Gasteiger partial charge in [-0.1, -0.05) is 6.07 Å². The first-order chi connectivity index (χ1) is 8.43. The van der Waals surface area contributed by atoms with E-state index in [4.69, 9.17) is 0 Å². The molecule has 1 aromatic heterocycles. The molecule has 18 heavy (non-hydrogen) atoms. The molecular formula is C16H18OS. The maximum Gasteiger partial charge on any atom is 0.203 e. The molecule has 0 radical (unpaired) electrons. The standard InChI is InChI=1S/C16H18OS/c1-9-6-7-18-16(9)15(17)14-12(4)10(2)8-11(3)13(14)5/h6-8H,1-5H3. The summed E-state index contributed by atoms with van der Waals surface area (Å²) < 4.78 is 0. The monoisotopic (exact) mass is 258 g/mol. The first-order valence-corrected chi connectivity index (χ1v) is 6.97. The van der Waals surface area contributed by atoms with Crippen molar-refractivity contribution in [2.75, 3.05) is 0 Å². The Morgan fingerprint density at radius 2 is 1.50 bits per heavy atom. The molecule has 0 spiro atoms. The van der Waals surface area contributed by atoms with Crippen LogP contribution in [0.3, 0.4) is 0 Å². The minimum absolute atomic E-state index is 0.171. The summed E-state index contributed by atoms with van der Waals surface area (Å²) >= 11 is 1.53. The molecule has 1 heterocycles. The summed E-state index contributed by atoms with van der Waals surface area (Å²) in [5, 5.41) is 1.98. The van der Waals surface area contributed by atoms with Gasteiger partial charge in [-0.05, 0) is 73.9 Å². The molecule has 0 atom stereocenters. The van der Waals surface area contributed by atoms with Gasteiger partial charge in [-0.15, -0.1) is 11.3 Å². The molecular weight excluding hydrogens is 240 g/mol. The molecule has 0 aliphatic heterocycles. The first kappa shape index (κ1) is 13.0. The van der Waals surface area contributed by atoms with Crippen LogP contribution in [0.1, 0.15) is 43.1 Å². The largest absolute Gasteiger partial charge is 0.288 e. The molecule has 0 saturated carbocycles. The van der Waals surface area contributed by atoms with Crippen LogP contribution in [0.25, 0.3) is 0 Å². The lowest BCUT2D eigenvalue weighted by Gasteiger charge is -2.14. The maximum atomic E-state index is 12.7. The van der Waals surface area contributed by atoms with E-state index in [1.165, 1.54) is 22.5 Å². The van der Waals surface area contributed by atoms with Crippen LogP contribution >= 0.6 is 11.3 Å². The molecule has 0 saturated heterocycles. The van der Waals surface area contributed by atoms with Gasteiger partial charge in [0.2, 0.25) is 5.78 Å². The normalized spacial score (nSPS) is 10.7. The number of benzene rings is 1. The van der Waals surface area contributed by atoms with Crippen molar-refractivity contribution in [3.8, 4) is 0 Å². The highest BCUT2D eigenvalue weighted by Crippen LogP contribution is 2.27. The highest BCUT2D eigenvalue weighted by Gasteiger charge is 2.19. The number of carbonyl (C=O) groups excluding carboxylic acids is 1. The Balaban J connectivity index is 2.66. The van der Waals surface area contributed by atoms with Crippen molar-refractivity contribution in [3.63, 3.8) is 0 Å². The van der Waals surface area contributed by atoms with Crippen LogP contribution in [-0.4, -0.2) is 5.78 Å². The highest BCUT2D eigenvalue weighted by molar-refractivity contribution is 7.12. The van der Waals surface area contributed by atoms with Crippen LogP contribution in [0.5, 0.6) is 0 Å². The van der Waals surface area contributed by atoms with Crippen LogP contribution in [-0.2, 0) is 0 Å².